The Morgan fingerprint density at radius 1 is 1.00 bits per heavy atom. The normalized spacial score (nSPS) is 11.3. The summed E-state index contributed by atoms with van der Waals surface area (Å²) in [5.74, 6) is -3.14. The Labute approximate surface area is 129 Å². The number of fused-ring (bicyclic) bond motifs is 1. The number of aromatic amines is 1. The van der Waals surface area contributed by atoms with Gasteiger partial charge in [0.25, 0.3) is 5.91 Å². The van der Waals surface area contributed by atoms with Gasteiger partial charge in [0.15, 0.2) is 22.9 Å². The molecule has 0 saturated carbocycles. The first-order chi connectivity index (χ1) is 11.0. The molecule has 5 N–H and O–H groups in total. The standard InChI is InChI=1S/C15H11N3O5/c19-10-5-7(6-11(20)13(10)21)14(22)18-17-12-8-3-1-2-4-9(8)16-15(12)23/h1-6,16,19-21,23H. The zero-order chi connectivity index (χ0) is 16.6. The molecule has 0 atom stereocenters. The molecular formula is C15H11N3O5. The van der Waals surface area contributed by atoms with E-state index in [-0.39, 0.29) is 17.1 Å². The minimum absolute atomic E-state index is 0.0983. The number of phenols is 3. The summed E-state index contributed by atoms with van der Waals surface area (Å²) in [5.41, 5.74) is 0.563. The molecule has 3 rings (SSSR count). The number of phenolic OH excluding ortho intramolecular Hbond substituents is 3. The molecule has 0 spiro atoms. The SMILES string of the molecule is O=C(N=Nc1c(O)[nH]c2ccccc12)c1cc(O)c(O)c(O)c1. The number of hydrogen-bond donors (Lipinski definition) is 5. The van der Waals surface area contributed by atoms with Crippen LogP contribution < -0.4 is 0 Å². The molecule has 1 amide bonds. The maximum atomic E-state index is 11.9. The van der Waals surface area contributed by atoms with Crippen molar-refractivity contribution in [2.45, 2.75) is 0 Å². The molecule has 0 saturated heterocycles. The summed E-state index contributed by atoms with van der Waals surface area (Å²) in [5, 5.41) is 45.6. The first-order valence-corrected chi connectivity index (χ1v) is 6.48. The van der Waals surface area contributed by atoms with Crippen molar-refractivity contribution >= 4 is 22.5 Å². The molecule has 0 unspecified atom stereocenters. The molecule has 23 heavy (non-hydrogen) atoms. The van der Waals surface area contributed by atoms with Crippen LogP contribution in [0.25, 0.3) is 10.9 Å². The lowest BCUT2D eigenvalue weighted by molar-refractivity contribution is 0.0994. The quantitative estimate of drug-likeness (QED) is 0.365. The summed E-state index contributed by atoms with van der Waals surface area (Å²) < 4.78 is 0. The number of H-pyrrole nitrogens is 1. The van der Waals surface area contributed by atoms with E-state index in [2.05, 4.69) is 15.2 Å². The van der Waals surface area contributed by atoms with Crippen LogP contribution in [0.3, 0.4) is 0 Å². The van der Waals surface area contributed by atoms with E-state index in [0.29, 0.717) is 10.9 Å². The van der Waals surface area contributed by atoms with Crippen molar-refractivity contribution in [1.82, 2.24) is 4.98 Å². The van der Waals surface area contributed by atoms with E-state index in [1.807, 2.05) is 0 Å². The Morgan fingerprint density at radius 2 is 1.65 bits per heavy atom. The van der Waals surface area contributed by atoms with Gasteiger partial charge in [0, 0.05) is 5.39 Å². The van der Waals surface area contributed by atoms with E-state index >= 15 is 0 Å². The highest BCUT2D eigenvalue weighted by Gasteiger charge is 2.14. The number of azo groups is 1. The topological polar surface area (TPSA) is 138 Å². The van der Waals surface area contributed by atoms with Crippen LogP contribution in [0.2, 0.25) is 0 Å². The molecular weight excluding hydrogens is 302 g/mol. The Hall–Kier alpha value is -3.55. The van der Waals surface area contributed by atoms with E-state index < -0.39 is 23.2 Å². The number of aromatic hydroxyl groups is 4. The number of para-hydroxylation sites is 1. The molecule has 0 radical (unpaired) electrons. The van der Waals surface area contributed by atoms with Gasteiger partial charge in [0.05, 0.1) is 11.1 Å². The number of nitrogens with zero attached hydrogens (tertiary/aromatic N) is 2. The molecule has 0 bridgehead atoms. The van der Waals surface area contributed by atoms with Gasteiger partial charge in [0.2, 0.25) is 5.88 Å². The van der Waals surface area contributed by atoms with Gasteiger partial charge >= 0.3 is 0 Å². The fraction of sp³-hybridized carbons (Fsp3) is 0. The summed E-state index contributed by atoms with van der Waals surface area (Å²) in [4.78, 5) is 14.6. The minimum Gasteiger partial charge on any atom is -0.504 e. The average Bonchev–Trinajstić information content (AvgIpc) is 2.85. The van der Waals surface area contributed by atoms with Crippen molar-refractivity contribution in [3.63, 3.8) is 0 Å². The molecule has 1 heterocycles. The number of rotatable bonds is 2. The third-order valence-electron chi connectivity index (χ3n) is 3.22. The number of carbonyl (C=O) groups is 1. The third kappa shape index (κ3) is 2.53. The van der Waals surface area contributed by atoms with Crippen molar-refractivity contribution < 1.29 is 25.2 Å². The van der Waals surface area contributed by atoms with Gasteiger partial charge < -0.3 is 25.4 Å². The number of carbonyl (C=O) groups excluding carboxylic acids is 1. The van der Waals surface area contributed by atoms with E-state index in [1.165, 1.54) is 0 Å². The van der Waals surface area contributed by atoms with Crippen LogP contribution in [0, 0.1) is 0 Å². The van der Waals surface area contributed by atoms with Crippen LogP contribution in [-0.2, 0) is 0 Å². The summed E-state index contributed by atoms with van der Waals surface area (Å²) in [6.07, 6.45) is 0. The smallest absolute Gasteiger partial charge is 0.295 e. The van der Waals surface area contributed by atoms with Gasteiger partial charge in [-0.25, -0.2) is 0 Å². The lowest BCUT2D eigenvalue weighted by Crippen LogP contribution is -1.93. The summed E-state index contributed by atoms with van der Waals surface area (Å²) in [6.45, 7) is 0. The lowest BCUT2D eigenvalue weighted by atomic mass is 10.2. The number of aromatic nitrogens is 1. The van der Waals surface area contributed by atoms with Crippen LogP contribution in [0.15, 0.2) is 46.6 Å². The number of benzene rings is 2. The molecule has 0 aliphatic rings. The zero-order valence-corrected chi connectivity index (χ0v) is 11.6. The highest BCUT2D eigenvalue weighted by atomic mass is 16.3. The monoisotopic (exact) mass is 313 g/mol. The van der Waals surface area contributed by atoms with Crippen LogP contribution in [0.5, 0.6) is 23.1 Å². The van der Waals surface area contributed by atoms with Crippen molar-refractivity contribution in [1.29, 1.82) is 0 Å². The predicted molar refractivity (Wildman–Crippen MR) is 80.2 cm³/mol. The summed E-state index contributed by atoms with van der Waals surface area (Å²) in [7, 11) is 0. The van der Waals surface area contributed by atoms with Gasteiger partial charge in [-0.15, -0.1) is 10.2 Å². The van der Waals surface area contributed by atoms with E-state index in [1.54, 1.807) is 24.3 Å². The summed E-state index contributed by atoms with van der Waals surface area (Å²) in [6, 6.07) is 8.84. The van der Waals surface area contributed by atoms with Crippen LogP contribution in [0.4, 0.5) is 5.69 Å². The molecule has 0 fully saturated rings. The van der Waals surface area contributed by atoms with Crippen molar-refractivity contribution in [2.24, 2.45) is 10.2 Å². The van der Waals surface area contributed by atoms with Crippen LogP contribution in [0.1, 0.15) is 10.4 Å². The second-order valence-electron chi connectivity index (χ2n) is 4.74. The van der Waals surface area contributed by atoms with E-state index in [4.69, 9.17) is 0 Å². The van der Waals surface area contributed by atoms with E-state index in [0.717, 1.165) is 12.1 Å². The molecule has 0 aliphatic carbocycles. The number of amides is 1. The Balaban J connectivity index is 1.96. The molecule has 0 aliphatic heterocycles. The third-order valence-corrected chi connectivity index (χ3v) is 3.22. The first kappa shape index (κ1) is 14.4. The maximum Gasteiger partial charge on any atom is 0.295 e. The largest absolute Gasteiger partial charge is 0.504 e. The van der Waals surface area contributed by atoms with Crippen molar-refractivity contribution in [3.05, 3.63) is 42.0 Å². The molecule has 3 aromatic rings. The molecule has 8 heteroatoms. The average molecular weight is 313 g/mol. The van der Waals surface area contributed by atoms with Gasteiger partial charge in [-0.2, -0.15) is 0 Å². The van der Waals surface area contributed by atoms with Gasteiger partial charge in [0.1, 0.15) is 0 Å². The fourth-order valence-electron chi connectivity index (χ4n) is 2.09. The number of nitrogens with one attached hydrogen (secondary N) is 1. The molecule has 8 nitrogen and oxygen atoms in total. The van der Waals surface area contributed by atoms with E-state index in [9.17, 15) is 25.2 Å². The van der Waals surface area contributed by atoms with Gasteiger partial charge in [-0.1, -0.05) is 18.2 Å². The maximum absolute atomic E-state index is 11.9. The van der Waals surface area contributed by atoms with Crippen molar-refractivity contribution in [2.75, 3.05) is 0 Å². The first-order valence-electron chi connectivity index (χ1n) is 6.48. The van der Waals surface area contributed by atoms with Gasteiger partial charge in [-0.05, 0) is 18.2 Å². The molecule has 1 aromatic heterocycles. The van der Waals surface area contributed by atoms with Crippen molar-refractivity contribution in [3.8, 4) is 23.1 Å². The highest BCUT2D eigenvalue weighted by Crippen LogP contribution is 2.37. The molecule has 116 valence electrons. The van der Waals surface area contributed by atoms with Crippen LogP contribution >= 0.6 is 0 Å². The Kier molecular flexibility index (Phi) is 3.34. The zero-order valence-electron chi connectivity index (χ0n) is 11.6. The Bertz CT molecular complexity index is 922. The number of hydrogen-bond acceptors (Lipinski definition) is 6. The van der Waals surface area contributed by atoms with Gasteiger partial charge in [-0.3, -0.25) is 4.79 Å². The highest BCUT2D eigenvalue weighted by molar-refractivity contribution is 5.97. The minimum atomic E-state index is -0.861. The molecule has 2 aromatic carbocycles. The predicted octanol–water partition coefficient (Wildman–Crippen LogP) is 2.91. The lowest BCUT2D eigenvalue weighted by Gasteiger charge is -2.02. The Morgan fingerprint density at radius 3 is 2.35 bits per heavy atom. The fourth-order valence-corrected chi connectivity index (χ4v) is 2.09. The second-order valence-corrected chi connectivity index (χ2v) is 4.74. The second kappa shape index (κ2) is 5.34. The summed E-state index contributed by atoms with van der Waals surface area (Å²) >= 11 is 0. The van der Waals surface area contributed by atoms with Crippen LogP contribution in [-0.4, -0.2) is 31.3 Å².